The van der Waals surface area contributed by atoms with Gasteiger partial charge >= 0.3 is 0 Å². The lowest BCUT2D eigenvalue weighted by Gasteiger charge is -2.34. The van der Waals surface area contributed by atoms with Gasteiger partial charge in [-0.25, -0.2) is 0 Å². The van der Waals surface area contributed by atoms with Crippen LogP contribution in [-0.4, -0.2) is 56.8 Å². The van der Waals surface area contributed by atoms with Crippen molar-refractivity contribution in [3.8, 4) is 5.75 Å². The summed E-state index contributed by atoms with van der Waals surface area (Å²) in [7, 11) is 1.68. The Hall–Kier alpha value is -1.30. The monoisotopic (exact) mass is 328 g/mol. The Labute approximate surface area is 138 Å². The van der Waals surface area contributed by atoms with Gasteiger partial charge in [0.2, 0.25) is 0 Å². The Morgan fingerprint density at radius 3 is 2.68 bits per heavy atom. The zero-order valence-corrected chi connectivity index (χ0v) is 14.0. The molecule has 1 unspecified atom stereocenters. The van der Waals surface area contributed by atoms with Crippen molar-refractivity contribution in [2.75, 3.05) is 40.0 Å². The van der Waals surface area contributed by atoms with Crippen molar-refractivity contribution in [1.82, 2.24) is 10.2 Å². The molecule has 0 radical (unpaired) electrons. The molecule has 0 bridgehead atoms. The first-order valence-corrected chi connectivity index (χ1v) is 7.46. The molecule has 1 aromatic rings. The van der Waals surface area contributed by atoms with Crippen LogP contribution in [0.4, 0.5) is 0 Å². The van der Waals surface area contributed by atoms with Crippen molar-refractivity contribution in [1.29, 1.82) is 0 Å². The zero-order chi connectivity index (χ0) is 15.1. The van der Waals surface area contributed by atoms with E-state index in [0.717, 1.165) is 31.8 Å². The quantitative estimate of drug-likeness (QED) is 0.811. The Bertz CT molecular complexity index is 453. The molecule has 0 spiro atoms. The second-order valence-electron chi connectivity index (χ2n) is 5.27. The summed E-state index contributed by atoms with van der Waals surface area (Å²) in [6.07, 6.45) is 0.857. The number of carbonyl (C=O) groups is 1. The number of hydrogen-bond donors (Lipinski definition) is 1. The van der Waals surface area contributed by atoms with Crippen LogP contribution in [0.25, 0.3) is 0 Å². The molecule has 1 fully saturated rings. The third kappa shape index (κ3) is 5.16. The van der Waals surface area contributed by atoms with Crippen molar-refractivity contribution in [2.24, 2.45) is 0 Å². The van der Waals surface area contributed by atoms with E-state index < -0.39 is 0 Å². The third-order valence-corrected chi connectivity index (χ3v) is 3.62. The largest absolute Gasteiger partial charge is 0.494 e. The third-order valence-electron chi connectivity index (χ3n) is 3.62. The van der Waals surface area contributed by atoms with Crippen LogP contribution in [0, 0.1) is 0 Å². The van der Waals surface area contributed by atoms with E-state index >= 15 is 0 Å². The first-order chi connectivity index (χ1) is 10.2. The van der Waals surface area contributed by atoms with E-state index in [9.17, 15) is 4.79 Å². The topological polar surface area (TPSA) is 50.8 Å². The molecule has 1 amide bonds. The maximum Gasteiger partial charge on any atom is 0.254 e. The van der Waals surface area contributed by atoms with Crippen LogP contribution in [0.2, 0.25) is 0 Å². The molecule has 1 atom stereocenters. The first kappa shape index (κ1) is 18.7. The molecule has 1 N–H and O–H groups in total. The number of halogens is 1. The fraction of sp³-hybridized carbons (Fsp3) is 0.562. The van der Waals surface area contributed by atoms with Crippen molar-refractivity contribution in [2.45, 2.75) is 19.4 Å². The van der Waals surface area contributed by atoms with Gasteiger partial charge in [0.25, 0.3) is 5.91 Å². The van der Waals surface area contributed by atoms with Gasteiger partial charge in [-0.3, -0.25) is 4.79 Å². The van der Waals surface area contributed by atoms with Crippen LogP contribution in [0.3, 0.4) is 0 Å². The lowest BCUT2D eigenvalue weighted by Crippen LogP contribution is -2.52. The second-order valence-corrected chi connectivity index (χ2v) is 5.27. The normalized spacial score (nSPS) is 17.7. The Morgan fingerprint density at radius 1 is 1.32 bits per heavy atom. The second kappa shape index (κ2) is 9.66. The predicted molar refractivity (Wildman–Crippen MR) is 89.0 cm³/mol. The summed E-state index contributed by atoms with van der Waals surface area (Å²) >= 11 is 0. The maximum absolute atomic E-state index is 12.5. The van der Waals surface area contributed by atoms with Gasteiger partial charge in [-0.1, -0.05) is 0 Å². The maximum atomic E-state index is 12.5. The van der Waals surface area contributed by atoms with Crippen LogP contribution in [0.5, 0.6) is 5.75 Å². The van der Waals surface area contributed by atoms with E-state index in [1.54, 1.807) is 7.11 Å². The molecule has 0 aromatic heterocycles. The zero-order valence-electron chi connectivity index (χ0n) is 13.2. The highest BCUT2D eigenvalue weighted by Gasteiger charge is 2.23. The number of benzene rings is 1. The van der Waals surface area contributed by atoms with Gasteiger partial charge in [0, 0.05) is 51.4 Å². The lowest BCUT2D eigenvalue weighted by molar-refractivity contribution is 0.0655. The Morgan fingerprint density at radius 2 is 2.05 bits per heavy atom. The smallest absolute Gasteiger partial charge is 0.254 e. The molecular formula is C16H25ClN2O3. The minimum Gasteiger partial charge on any atom is -0.494 e. The highest BCUT2D eigenvalue weighted by Crippen LogP contribution is 2.15. The van der Waals surface area contributed by atoms with Crippen molar-refractivity contribution in [3.05, 3.63) is 29.8 Å². The molecule has 2 rings (SSSR count). The molecule has 22 heavy (non-hydrogen) atoms. The average molecular weight is 329 g/mol. The first-order valence-electron chi connectivity index (χ1n) is 7.46. The van der Waals surface area contributed by atoms with Gasteiger partial charge in [0.1, 0.15) is 5.75 Å². The van der Waals surface area contributed by atoms with Gasteiger partial charge in [0.15, 0.2) is 0 Å². The molecule has 1 heterocycles. The molecule has 1 aliphatic rings. The molecular weight excluding hydrogens is 304 g/mol. The van der Waals surface area contributed by atoms with Gasteiger partial charge in [0.05, 0.1) is 6.61 Å². The van der Waals surface area contributed by atoms with Crippen LogP contribution >= 0.6 is 12.4 Å². The highest BCUT2D eigenvalue weighted by atomic mass is 35.5. The van der Waals surface area contributed by atoms with Crippen LogP contribution in [0.15, 0.2) is 24.3 Å². The number of piperazine rings is 1. The number of nitrogens with zero attached hydrogens (tertiary/aromatic N) is 1. The molecule has 1 aromatic carbocycles. The van der Waals surface area contributed by atoms with E-state index in [2.05, 4.69) is 12.2 Å². The lowest BCUT2D eigenvalue weighted by atomic mass is 10.1. The summed E-state index contributed by atoms with van der Waals surface area (Å²) in [4.78, 5) is 14.4. The summed E-state index contributed by atoms with van der Waals surface area (Å²) in [5, 5.41) is 3.29. The Balaban J connectivity index is 0.00000242. The number of ether oxygens (including phenoxy) is 2. The summed E-state index contributed by atoms with van der Waals surface area (Å²) in [5.74, 6) is 0.881. The summed E-state index contributed by atoms with van der Waals surface area (Å²) in [5.41, 5.74) is 0.716. The van der Waals surface area contributed by atoms with Crippen molar-refractivity contribution in [3.63, 3.8) is 0 Å². The van der Waals surface area contributed by atoms with E-state index in [4.69, 9.17) is 9.47 Å². The summed E-state index contributed by atoms with van der Waals surface area (Å²) in [6.45, 7) is 5.85. The van der Waals surface area contributed by atoms with E-state index in [0.29, 0.717) is 18.8 Å². The molecule has 124 valence electrons. The fourth-order valence-electron chi connectivity index (χ4n) is 2.40. The van der Waals surface area contributed by atoms with E-state index in [1.165, 1.54) is 0 Å². The van der Waals surface area contributed by atoms with Gasteiger partial charge in [-0.05, 0) is 31.2 Å². The molecule has 1 saturated heterocycles. The average Bonchev–Trinajstić information content (AvgIpc) is 2.52. The molecule has 0 saturated carbocycles. The number of hydrogen-bond acceptors (Lipinski definition) is 4. The minimum absolute atomic E-state index is 0. The SMILES string of the molecule is COCCCOc1ccc(C(=O)N2CCNCC2C)cc1.Cl. The number of rotatable bonds is 6. The number of nitrogens with one attached hydrogen (secondary N) is 1. The fourth-order valence-corrected chi connectivity index (χ4v) is 2.40. The van der Waals surface area contributed by atoms with E-state index in [1.807, 2.05) is 29.2 Å². The Kier molecular flexibility index (Phi) is 8.24. The van der Waals surface area contributed by atoms with Gasteiger partial charge in [-0.2, -0.15) is 0 Å². The number of amides is 1. The standard InChI is InChI=1S/C16H24N2O3.ClH/c1-13-12-17-8-9-18(13)16(19)14-4-6-15(7-5-14)21-11-3-10-20-2;/h4-7,13,17H,3,8-12H2,1-2H3;1H. The number of methoxy groups -OCH3 is 1. The molecule has 5 nitrogen and oxygen atoms in total. The number of carbonyl (C=O) groups excluding carboxylic acids is 1. The summed E-state index contributed by atoms with van der Waals surface area (Å²) < 4.78 is 10.6. The van der Waals surface area contributed by atoms with Crippen molar-refractivity contribution < 1.29 is 14.3 Å². The minimum atomic E-state index is 0. The van der Waals surface area contributed by atoms with Crippen molar-refractivity contribution >= 4 is 18.3 Å². The van der Waals surface area contributed by atoms with E-state index in [-0.39, 0.29) is 24.4 Å². The molecule has 6 heteroatoms. The van der Waals surface area contributed by atoms with Crippen LogP contribution < -0.4 is 10.1 Å². The van der Waals surface area contributed by atoms with Crippen LogP contribution in [-0.2, 0) is 4.74 Å². The highest BCUT2D eigenvalue weighted by molar-refractivity contribution is 5.94. The molecule has 0 aliphatic carbocycles. The predicted octanol–water partition coefficient (Wildman–Crippen LogP) is 1.96. The van der Waals surface area contributed by atoms with Gasteiger partial charge in [-0.15, -0.1) is 12.4 Å². The molecule has 1 aliphatic heterocycles. The van der Waals surface area contributed by atoms with Crippen LogP contribution in [0.1, 0.15) is 23.7 Å². The van der Waals surface area contributed by atoms with Gasteiger partial charge < -0.3 is 19.7 Å². The summed E-state index contributed by atoms with van der Waals surface area (Å²) in [6, 6.07) is 7.61.